The van der Waals surface area contributed by atoms with Crippen LogP contribution in [-0.4, -0.2) is 9.13 Å². The summed E-state index contributed by atoms with van der Waals surface area (Å²) in [5.74, 6) is 0. The summed E-state index contributed by atoms with van der Waals surface area (Å²) in [5, 5.41) is 14.0. The zero-order chi connectivity index (χ0) is 34.6. The van der Waals surface area contributed by atoms with Gasteiger partial charge in [-0.05, 0) is 105 Å². The molecule has 0 bridgehead atoms. The lowest BCUT2D eigenvalue weighted by Gasteiger charge is -2.13. The smallest absolute Gasteiger partial charge is 0.0625 e. The second-order valence-corrected chi connectivity index (χ2v) is 15.2. The number of hydrogen-bond donors (Lipinski definition) is 0. The first-order valence-electron chi connectivity index (χ1n) is 18.2. The van der Waals surface area contributed by atoms with Crippen LogP contribution in [0.3, 0.4) is 0 Å². The summed E-state index contributed by atoms with van der Waals surface area (Å²) < 4.78 is 7.47. The Morgan fingerprint density at radius 1 is 0.358 bits per heavy atom. The normalized spacial score (nSPS) is 12.2. The molecule has 9 aromatic carbocycles. The van der Waals surface area contributed by atoms with Crippen molar-refractivity contribution in [2.75, 3.05) is 0 Å². The molecule has 3 heterocycles. The van der Waals surface area contributed by atoms with E-state index in [2.05, 4.69) is 191 Å². The van der Waals surface area contributed by atoms with Crippen LogP contribution in [0.1, 0.15) is 0 Å². The Balaban J connectivity index is 1.07. The third-order valence-electron chi connectivity index (χ3n) is 11.3. The Bertz CT molecular complexity index is 3470. The average Bonchev–Trinajstić information content (AvgIpc) is 3.92. The number of thiophene rings is 1. The van der Waals surface area contributed by atoms with E-state index in [9.17, 15) is 0 Å². The van der Waals surface area contributed by atoms with Crippen molar-refractivity contribution in [3.05, 3.63) is 182 Å². The van der Waals surface area contributed by atoms with Crippen molar-refractivity contribution < 1.29 is 0 Å². The summed E-state index contributed by atoms with van der Waals surface area (Å²) in [6.07, 6.45) is 2.21. The molecule has 12 rings (SSSR count). The fraction of sp³-hybridized carbons (Fsp3) is 0. The molecular weight excluding hydrogens is 661 g/mol. The summed E-state index contributed by atoms with van der Waals surface area (Å²) >= 11 is 1.86. The number of hydrogen-bond acceptors (Lipinski definition) is 1. The Labute approximate surface area is 309 Å². The maximum absolute atomic E-state index is 2.49. The Morgan fingerprint density at radius 3 is 1.89 bits per heavy atom. The predicted octanol–water partition coefficient (Wildman–Crippen LogP) is 14.2. The highest BCUT2D eigenvalue weighted by Crippen LogP contribution is 2.44. The van der Waals surface area contributed by atoms with Crippen LogP contribution in [0.5, 0.6) is 0 Å². The van der Waals surface area contributed by atoms with Crippen LogP contribution in [-0.2, 0) is 0 Å². The molecule has 3 aromatic heterocycles. The van der Waals surface area contributed by atoms with Crippen molar-refractivity contribution in [1.29, 1.82) is 0 Å². The summed E-state index contributed by atoms with van der Waals surface area (Å²) in [7, 11) is 0. The van der Waals surface area contributed by atoms with Crippen LogP contribution in [0, 0.1) is 0 Å². The minimum Gasteiger partial charge on any atom is -0.317 e. The summed E-state index contributed by atoms with van der Waals surface area (Å²) in [4.78, 5) is 0. The molecule has 0 fully saturated rings. The van der Waals surface area contributed by atoms with Crippen molar-refractivity contribution in [3.63, 3.8) is 0 Å². The van der Waals surface area contributed by atoms with E-state index in [-0.39, 0.29) is 0 Å². The lowest BCUT2D eigenvalue weighted by atomic mass is 9.95. The van der Waals surface area contributed by atoms with Gasteiger partial charge in [0.2, 0.25) is 0 Å². The first-order valence-corrected chi connectivity index (χ1v) is 19.0. The maximum atomic E-state index is 2.49. The van der Waals surface area contributed by atoms with Crippen LogP contribution >= 0.6 is 11.3 Å². The van der Waals surface area contributed by atoms with Crippen LogP contribution in [0.25, 0.3) is 108 Å². The van der Waals surface area contributed by atoms with Crippen molar-refractivity contribution in [1.82, 2.24) is 9.13 Å². The average molecular weight is 691 g/mol. The van der Waals surface area contributed by atoms with E-state index >= 15 is 0 Å². The van der Waals surface area contributed by atoms with Crippen molar-refractivity contribution >= 4 is 96.5 Å². The van der Waals surface area contributed by atoms with Gasteiger partial charge in [0.25, 0.3) is 0 Å². The minimum absolute atomic E-state index is 1.17. The van der Waals surface area contributed by atoms with Gasteiger partial charge in [-0.2, -0.15) is 0 Å². The highest BCUT2D eigenvalue weighted by atomic mass is 32.1. The van der Waals surface area contributed by atoms with Crippen LogP contribution in [0.15, 0.2) is 182 Å². The lowest BCUT2D eigenvalue weighted by molar-refractivity contribution is 1.13. The quantitative estimate of drug-likeness (QED) is 0.163. The van der Waals surface area contributed by atoms with E-state index in [1.807, 2.05) is 11.3 Å². The molecule has 0 spiro atoms. The van der Waals surface area contributed by atoms with Gasteiger partial charge < -0.3 is 9.13 Å². The second-order valence-electron chi connectivity index (χ2n) is 14.2. The molecule has 246 valence electrons. The lowest BCUT2D eigenvalue weighted by Crippen LogP contribution is -1.95. The second kappa shape index (κ2) is 10.9. The molecule has 2 nitrogen and oxygen atoms in total. The van der Waals surface area contributed by atoms with E-state index in [0.29, 0.717) is 0 Å². The zero-order valence-electron chi connectivity index (χ0n) is 28.6. The number of aromatic nitrogens is 2. The van der Waals surface area contributed by atoms with Crippen molar-refractivity contribution in [3.8, 4) is 22.5 Å². The molecule has 0 unspecified atom stereocenters. The number of fused-ring (bicyclic) bond motifs is 13. The van der Waals surface area contributed by atoms with Gasteiger partial charge in [0, 0.05) is 59.3 Å². The van der Waals surface area contributed by atoms with E-state index in [1.165, 1.54) is 108 Å². The van der Waals surface area contributed by atoms with Gasteiger partial charge in [-0.1, -0.05) is 109 Å². The van der Waals surface area contributed by atoms with Gasteiger partial charge in [0.1, 0.15) is 0 Å². The van der Waals surface area contributed by atoms with E-state index in [0.717, 1.165) is 0 Å². The van der Waals surface area contributed by atoms with E-state index in [1.54, 1.807) is 0 Å². The fourth-order valence-electron chi connectivity index (χ4n) is 8.85. The third kappa shape index (κ3) is 4.20. The highest BCUT2D eigenvalue weighted by molar-refractivity contribution is 7.25. The van der Waals surface area contributed by atoms with Crippen LogP contribution < -0.4 is 0 Å². The molecule has 12 aromatic rings. The first kappa shape index (κ1) is 29.0. The largest absolute Gasteiger partial charge is 0.317 e. The summed E-state index contributed by atoms with van der Waals surface area (Å²) in [5.41, 5.74) is 8.47. The number of nitrogens with zero attached hydrogens (tertiary/aromatic N) is 2. The van der Waals surface area contributed by atoms with Gasteiger partial charge in [0.15, 0.2) is 0 Å². The van der Waals surface area contributed by atoms with Gasteiger partial charge in [-0.3, -0.25) is 0 Å². The standard InChI is InChI=1S/C50H30N2S/c1-2-10-32-28-37(20-17-31(32)9-1)52-46-23-19-34(29-44(46)49-41-14-5-3-11-38(41)39-12-4-6-15-42(39)50(49)52)33-18-22-45-35(27-33)25-26-51(45)36-21-24-48-43(30-36)40-13-7-8-16-47(40)53-48/h1-30H. The number of rotatable bonds is 3. The Morgan fingerprint density at radius 2 is 1.02 bits per heavy atom. The molecule has 0 radical (unpaired) electrons. The Kier molecular flexibility index (Phi) is 5.96. The minimum atomic E-state index is 1.17. The van der Waals surface area contributed by atoms with Gasteiger partial charge >= 0.3 is 0 Å². The predicted molar refractivity (Wildman–Crippen MR) is 228 cm³/mol. The molecule has 0 aliphatic heterocycles. The van der Waals surface area contributed by atoms with Gasteiger partial charge in [-0.15, -0.1) is 11.3 Å². The van der Waals surface area contributed by atoms with E-state index < -0.39 is 0 Å². The van der Waals surface area contributed by atoms with Crippen LogP contribution in [0.4, 0.5) is 0 Å². The fourth-order valence-corrected chi connectivity index (χ4v) is 9.94. The summed E-state index contributed by atoms with van der Waals surface area (Å²) in [6.45, 7) is 0. The molecule has 0 saturated carbocycles. The van der Waals surface area contributed by atoms with Crippen molar-refractivity contribution in [2.45, 2.75) is 0 Å². The first-order chi connectivity index (χ1) is 26.3. The molecule has 3 heteroatoms. The molecule has 0 N–H and O–H groups in total. The SMILES string of the molecule is c1ccc2cc(-n3c4ccc(-c5ccc6c(ccn6-c6ccc7sc8ccccc8c7c6)c5)cc4c4c5ccccc5c5ccccc5c43)ccc2c1. The maximum Gasteiger partial charge on any atom is 0.0625 e. The summed E-state index contributed by atoms with van der Waals surface area (Å²) in [6, 6.07) is 65.1. The van der Waals surface area contributed by atoms with Crippen molar-refractivity contribution in [2.24, 2.45) is 0 Å². The molecule has 0 aliphatic carbocycles. The topological polar surface area (TPSA) is 9.86 Å². The van der Waals surface area contributed by atoms with Gasteiger partial charge in [0.05, 0.1) is 16.6 Å². The van der Waals surface area contributed by atoms with Crippen LogP contribution in [0.2, 0.25) is 0 Å². The Hall–Kier alpha value is -6.68. The molecule has 0 amide bonds. The monoisotopic (exact) mass is 690 g/mol. The third-order valence-corrected chi connectivity index (χ3v) is 12.4. The molecule has 0 aliphatic rings. The highest BCUT2D eigenvalue weighted by Gasteiger charge is 2.20. The molecule has 0 saturated heterocycles. The molecular formula is C50H30N2S. The van der Waals surface area contributed by atoms with Gasteiger partial charge in [-0.25, -0.2) is 0 Å². The zero-order valence-corrected chi connectivity index (χ0v) is 29.4. The molecule has 0 atom stereocenters. The van der Waals surface area contributed by atoms with E-state index in [4.69, 9.17) is 0 Å². The number of benzene rings is 9. The molecule has 53 heavy (non-hydrogen) atoms.